The van der Waals surface area contributed by atoms with Crippen molar-refractivity contribution in [1.29, 1.82) is 0 Å². The van der Waals surface area contributed by atoms with E-state index in [0.29, 0.717) is 5.76 Å². The molecule has 1 aliphatic heterocycles. The van der Waals surface area contributed by atoms with Gasteiger partial charge in [0.2, 0.25) is 0 Å². The van der Waals surface area contributed by atoms with E-state index < -0.39 is 0 Å². The van der Waals surface area contributed by atoms with Gasteiger partial charge in [-0.05, 0) is 18.9 Å². The summed E-state index contributed by atoms with van der Waals surface area (Å²) in [5.41, 5.74) is 4.61. The standard InChI is InChI=1S/C15H23N3O2/c1-13(12-18(2)7-9-20-10-8-18)17-16-11-14-5-3-4-6-15(14)19/h5-6,11,17H,1,3-4,7-10,12H2,2H3/p+1/b16-11+. The Kier molecular flexibility index (Phi) is 4.98. The van der Waals surface area contributed by atoms with Crippen molar-refractivity contribution in [1.82, 2.24) is 5.43 Å². The lowest BCUT2D eigenvalue weighted by molar-refractivity contribution is -0.912. The van der Waals surface area contributed by atoms with Crippen LogP contribution in [0.15, 0.2) is 40.9 Å². The second kappa shape index (κ2) is 6.72. The maximum Gasteiger partial charge on any atom is 0.120 e. The van der Waals surface area contributed by atoms with Gasteiger partial charge in [-0.15, -0.1) is 0 Å². The summed E-state index contributed by atoms with van der Waals surface area (Å²) in [6.07, 6.45) is 7.28. The van der Waals surface area contributed by atoms with Gasteiger partial charge in [0, 0.05) is 5.57 Å². The third kappa shape index (κ3) is 4.21. The molecule has 0 aromatic rings. The molecule has 1 aliphatic carbocycles. The highest BCUT2D eigenvalue weighted by Gasteiger charge is 2.25. The van der Waals surface area contributed by atoms with Crippen molar-refractivity contribution in [3.8, 4) is 0 Å². The second-order valence-corrected chi connectivity index (χ2v) is 5.64. The fraction of sp³-hybridized carbons (Fsp3) is 0.533. The van der Waals surface area contributed by atoms with Crippen LogP contribution in [0.3, 0.4) is 0 Å². The molecular formula is C15H24N3O2+. The summed E-state index contributed by atoms with van der Waals surface area (Å²) in [5, 5.41) is 13.8. The number of aliphatic hydroxyl groups excluding tert-OH is 1. The average Bonchev–Trinajstić information content (AvgIpc) is 2.41. The van der Waals surface area contributed by atoms with Gasteiger partial charge >= 0.3 is 0 Å². The van der Waals surface area contributed by atoms with Gasteiger partial charge in [0.05, 0.1) is 32.2 Å². The molecule has 1 saturated heterocycles. The van der Waals surface area contributed by atoms with Crippen molar-refractivity contribution in [3.05, 3.63) is 35.8 Å². The first-order valence-corrected chi connectivity index (χ1v) is 7.07. The lowest BCUT2D eigenvalue weighted by Crippen LogP contribution is -2.53. The van der Waals surface area contributed by atoms with Crippen molar-refractivity contribution >= 4 is 6.21 Å². The molecule has 1 heterocycles. The predicted molar refractivity (Wildman–Crippen MR) is 80.4 cm³/mol. The number of quaternary nitrogens is 1. The summed E-state index contributed by atoms with van der Waals surface area (Å²) < 4.78 is 6.31. The first kappa shape index (κ1) is 14.8. The molecule has 2 aliphatic rings. The lowest BCUT2D eigenvalue weighted by atomic mass is 10.1. The van der Waals surface area contributed by atoms with E-state index in [9.17, 15) is 5.11 Å². The van der Waals surface area contributed by atoms with Crippen molar-refractivity contribution in [2.45, 2.75) is 12.8 Å². The van der Waals surface area contributed by atoms with E-state index in [1.165, 1.54) is 0 Å². The molecule has 0 bridgehead atoms. The van der Waals surface area contributed by atoms with Crippen LogP contribution in [0, 0.1) is 0 Å². The zero-order valence-electron chi connectivity index (χ0n) is 12.1. The normalized spacial score (nSPS) is 22.2. The molecule has 2 N–H and O–H groups in total. The maximum atomic E-state index is 9.67. The fourth-order valence-corrected chi connectivity index (χ4v) is 2.43. The lowest BCUT2D eigenvalue weighted by Gasteiger charge is -2.37. The summed E-state index contributed by atoms with van der Waals surface area (Å²) in [7, 11) is 2.21. The van der Waals surface area contributed by atoms with E-state index in [0.717, 1.165) is 61.4 Å². The zero-order valence-corrected chi connectivity index (χ0v) is 12.1. The number of hydrogen-bond acceptors (Lipinski definition) is 4. The number of hydrogen-bond donors (Lipinski definition) is 2. The zero-order chi connectivity index (χ0) is 14.4. The highest BCUT2D eigenvalue weighted by Crippen LogP contribution is 2.14. The number of allylic oxidation sites excluding steroid dienone is 3. The number of morpholine rings is 1. The Labute approximate surface area is 120 Å². The van der Waals surface area contributed by atoms with Crippen LogP contribution in [0.4, 0.5) is 0 Å². The number of nitrogens with one attached hydrogen (secondary N) is 1. The number of rotatable bonds is 5. The quantitative estimate of drug-likeness (QED) is 0.457. The van der Waals surface area contributed by atoms with Crippen molar-refractivity contribution in [3.63, 3.8) is 0 Å². The molecule has 0 radical (unpaired) electrons. The largest absolute Gasteiger partial charge is 0.508 e. The molecule has 0 aromatic carbocycles. The second-order valence-electron chi connectivity index (χ2n) is 5.64. The topological polar surface area (TPSA) is 53.8 Å². The molecule has 20 heavy (non-hydrogen) atoms. The van der Waals surface area contributed by atoms with Gasteiger partial charge in [0.25, 0.3) is 0 Å². The molecule has 2 rings (SSSR count). The van der Waals surface area contributed by atoms with E-state index in [1.807, 2.05) is 12.2 Å². The average molecular weight is 278 g/mol. The number of ether oxygens (including phenoxy) is 1. The Bertz CT molecular complexity index is 446. The van der Waals surface area contributed by atoms with E-state index in [-0.39, 0.29) is 0 Å². The Morgan fingerprint density at radius 2 is 2.15 bits per heavy atom. The van der Waals surface area contributed by atoms with Crippen LogP contribution in [0.1, 0.15) is 12.8 Å². The van der Waals surface area contributed by atoms with Crippen molar-refractivity contribution < 1.29 is 14.3 Å². The Balaban J connectivity index is 1.80. The van der Waals surface area contributed by atoms with Gasteiger partial charge in [-0.2, -0.15) is 5.10 Å². The van der Waals surface area contributed by atoms with Crippen LogP contribution in [0.25, 0.3) is 0 Å². The number of likely N-dealkylation sites (N-methyl/N-ethyl adjacent to an activating group) is 1. The molecule has 0 unspecified atom stereocenters. The van der Waals surface area contributed by atoms with Gasteiger partial charge in [-0.3, -0.25) is 5.43 Å². The van der Waals surface area contributed by atoms with Crippen molar-refractivity contribution in [2.24, 2.45) is 5.10 Å². The summed E-state index contributed by atoms with van der Waals surface area (Å²) in [6, 6.07) is 0. The van der Waals surface area contributed by atoms with E-state index >= 15 is 0 Å². The molecule has 1 fully saturated rings. The highest BCUT2D eigenvalue weighted by atomic mass is 16.5. The van der Waals surface area contributed by atoms with Gasteiger partial charge in [0.15, 0.2) is 0 Å². The minimum absolute atomic E-state index is 0.305. The van der Waals surface area contributed by atoms with Gasteiger partial charge in [-0.1, -0.05) is 12.7 Å². The summed E-state index contributed by atoms with van der Waals surface area (Å²) in [4.78, 5) is 0. The van der Waals surface area contributed by atoms with Gasteiger partial charge in [-0.25, -0.2) is 0 Å². The first-order chi connectivity index (χ1) is 9.59. The first-order valence-electron chi connectivity index (χ1n) is 7.07. The SMILES string of the molecule is C=C(C[N+]1(C)CCOCC1)N/N=C/C1=CCCC=C1O. The molecule has 0 saturated carbocycles. The third-order valence-corrected chi connectivity index (χ3v) is 3.71. The predicted octanol–water partition coefficient (Wildman–Crippen LogP) is 1.71. The number of hydrazone groups is 1. The van der Waals surface area contributed by atoms with Crippen LogP contribution in [0.2, 0.25) is 0 Å². The maximum absolute atomic E-state index is 9.67. The van der Waals surface area contributed by atoms with Crippen LogP contribution >= 0.6 is 0 Å². The van der Waals surface area contributed by atoms with Gasteiger partial charge < -0.3 is 14.3 Å². The summed E-state index contributed by atoms with van der Waals surface area (Å²) in [6.45, 7) is 8.46. The van der Waals surface area contributed by atoms with E-state index in [1.54, 1.807) is 6.21 Å². The number of nitrogens with zero attached hydrogens (tertiary/aromatic N) is 2. The van der Waals surface area contributed by atoms with Crippen LogP contribution in [-0.4, -0.2) is 55.7 Å². The smallest absolute Gasteiger partial charge is 0.120 e. The van der Waals surface area contributed by atoms with E-state index in [2.05, 4.69) is 24.2 Å². The third-order valence-electron chi connectivity index (χ3n) is 3.71. The number of aliphatic hydroxyl groups is 1. The monoisotopic (exact) mass is 278 g/mol. The minimum atomic E-state index is 0.305. The van der Waals surface area contributed by atoms with Gasteiger partial charge in [0.1, 0.15) is 25.4 Å². The Hall–Kier alpha value is -1.59. The Morgan fingerprint density at radius 1 is 1.45 bits per heavy atom. The molecule has 0 spiro atoms. The molecule has 0 atom stereocenters. The summed E-state index contributed by atoms with van der Waals surface area (Å²) >= 11 is 0. The summed E-state index contributed by atoms with van der Waals surface area (Å²) in [5.74, 6) is 0.305. The molecule has 5 nitrogen and oxygen atoms in total. The van der Waals surface area contributed by atoms with Crippen LogP contribution in [-0.2, 0) is 4.74 Å². The molecular weight excluding hydrogens is 254 g/mol. The van der Waals surface area contributed by atoms with Crippen LogP contribution in [0.5, 0.6) is 0 Å². The Morgan fingerprint density at radius 3 is 2.85 bits per heavy atom. The van der Waals surface area contributed by atoms with E-state index in [4.69, 9.17) is 4.74 Å². The fourth-order valence-electron chi connectivity index (χ4n) is 2.43. The molecule has 0 amide bonds. The molecule has 5 heteroatoms. The molecule has 110 valence electrons. The van der Waals surface area contributed by atoms with Crippen LogP contribution < -0.4 is 5.43 Å². The highest BCUT2D eigenvalue weighted by molar-refractivity contribution is 5.83. The minimum Gasteiger partial charge on any atom is -0.508 e. The van der Waals surface area contributed by atoms with Crippen molar-refractivity contribution in [2.75, 3.05) is 39.9 Å². The molecule has 0 aromatic heterocycles.